The second kappa shape index (κ2) is 6.16. The van der Waals surface area contributed by atoms with E-state index in [1.165, 1.54) is 0 Å². The number of rotatable bonds is 4. The van der Waals surface area contributed by atoms with E-state index in [1.807, 2.05) is 55.5 Å². The third kappa shape index (κ3) is 2.68. The summed E-state index contributed by atoms with van der Waals surface area (Å²) in [7, 11) is 0. The maximum Gasteiger partial charge on any atom is 0.253 e. The quantitative estimate of drug-likeness (QED) is 0.657. The van der Waals surface area contributed by atoms with E-state index in [0.717, 1.165) is 22.2 Å². The van der Waals surface area contributed by atoms with Crippen LogP contribution >= 0.6 is 11.6 Å². The minimum Gasteiger partial charge on any atom is -0.493 e. The maximum absolute atomic E-state index is 11.8. The summed E-state index contributed by atoms with van der Waals surface area (Å²) in [5.41, 5.74) is 2.70. The standard InChI is InChI=1S/C18H14ClNO2/c1-2-22-17-10-6-4-8-13(17)16-11-14(18(19)21)12-7-3-5-9-15(12)20-16/h3-11H,2H2,1H3. The van der Waals surface area contributed by atoms with Gasteiger partial charge < -0.3 is 4.74 Å². The van der Waals surface area contributed by atoms with Gasteiger partial charge >= 0.3 is 0 Å². The van der Waals surface area contributed by atoms with E-state index in [4.69, 9.17) is 16.3 Å². The molecule has 0 spiro atoms. The molecule has 4 heteroatoms. The summed E-state index contributed by atoms with van der Waals surface area (Å²) in [4.78, 5) is 16.4. The molecule has 0 saturated heterocycles. The second-order valence-electron chi connectivity index (χ2n) is 4.78. The molecular formula is C18H14ClNO2. The van der Waals surface area contributed by atoms with Crippen LogP contribution in [0.15, 0.2) is 54.6 Å². The van der Waals surface area contributed by atoms with Crippen LogP contribution in [0.4, 0.5) is 0 Å². The van der Waals surface area contributed by atoms with Crippen LogP contribution in [-0.2, 0) is 0 Å². The number of ether oxygens (including phenoxy) is 1. The van der Waals surface area contributed by atoms with Crippen molar-refractivity contribution < 1.29 is 9.53 Å². The van der Waals surface area contributed by atoms with Gasteiger partial charge in [-0.3, -0.25) is 4.79 Å². The Labute approximate surface area is 133 Å². The van der Waals surface area contributed by atoms with Gasteiger partial charge in [-0.1, -0.05) is 30.3 Å². The first-order chi connectivity index (χ1) is 10.7. The Bertz CT molecular complexity index is 845. The molecule has 0 unspecified atom stereocenters. The first-order valence-corrected chi connectivity index (χ1v) is 7.40. The molecule has 0 radical (unpaired) electrons. The maximum atomic E-state index is 11.8. The lowest BCUT2D eigenvalue weighted by Gasteiger charge is -2.11. The molecule has 3 nitrogen and oxygen atoms in total. The van der Waals surface area contributed by atoms with Crippen LogP contribution in [0.25, 0.3) is 22.2 Å². The van der Waals surface area contributed by atoms with Gasteiger partial charge in [0.15, 0.2) is 0 Å². The highest BCUT2D eigenvalue weighted by atomic mass is 35.5. The Morgan fingerprint density at radius 1 is 1.14 bits per heavy atom. The van der Waals surface area contributed by atoms with Gasteiger partial charge in [-0.15, -0.1) is 0 Å². The number of carbonyl (C=O) groups excluding carboxylic acids is 1. The first kappa shape index (κ1) is 14.5. The Balaban J connectivity index is 2.26. The molecule has 2 aromatic carbocycles. The van der Waals surface area contributed by atoms with Crippen LogP contribution in [0.3, 0.4) is 0 Å². The van der Waals surface area contributed by atoms with Crippen LogP contribution in [0.2, 0.25) is 0 Å². The molecule has 0 fully saturated rings. The Morgan fingerprint density at radius 3 is 2.64 bits per heavy atom. The number of nitrogens with zero attached hydrogens (tertiary/aromatic N) is 1. The molecule has 0 aliphatic carbocycles. The highest BCUT2D eigenvalue weighted by Crippen LogP contribution is 2.31. The first-order valence-electron chi connectivity index (χ1n) is 7.02. The highest BCUT2D eigenvalue weighted by Gasteiger charge is 2.14. The topological polar surface area (TPSA) is 39.2 Å². The van der Waals surface area contributed by atoms with E-state index >= 15 is 0 Å². The van der Waals surface area contributed by atoms with Crippen LogP contribution < -0.4 is 4.74 Å². The zero-order chi connectivity index (χ0) is 15.5. The highest BCUT2D eigenvalue weighted by molar-refractivity contribution is 6.68. The fraction of sp³-hybridized carbons (Fsp3) is 0.111. The summed E-state index contributed by atoms with van der Waals surface area (Å²) in [6.07, 6.45) is 0. The fourth-order valence-electron chi connectivity index (χ4n) is 2.44. The summed E-state index contributed by atoms with van der Waals surface area (Å²) >= 11 is 5.74. The number of benzene rings is 2. The number of halogens is 1. The Kier molecular flexibility index (Phi) is 4.07. The molecule has 0 amide bonds. The minimum absolute atomic E-state index is 0.452. The third-order valence-electron chi connectivity index (χ3n) is 3.39. The van der Waals surface area contributed by atoms with Crippen LogP contribution in [0, 0.1) is 0 Å². The van der Waals surface area contributed by atoms with Crippen LogP contribution in [0.1, 0.15) is 17.3 Å². The average Bonchev–Trinajstić information content (AvgIpc) is 2.54. The van der Waals surface area contributed by atoms with Gasteiger partial charge in [0.05, 0.1) is 17.8 Å². The van der Waals surface area contributed by atoms with E-state index in [-0.39, 0.29) is 0 Å². The zero-order valence-electron chi connectivity index (χ0n) is 12.0. The number of para-hydroxylation sites is 2. The molecule has 0 N–H and O–H groups in total. The molecule has 1 heterocycles. The minimum atomic E-state index is -0.492. The molecule has 0 aliphatic heterocycles. The number of hydrogen-bond donors (Lipinski definition) is 0. The second-order valence-corrected chi connectivity index (χ2v) is 5.12. The molecular weight excluding hydrogens is 298 g/mol. The van der Waals surface area contributed by atoms with Gasteiger partial charge in [-0.2, -0.15) is 0 Å². The molecule has 0 bridgehead atoms. The third-order valence-corrected chi connectivity index (χ3v) is 3.59. The van der Waals surface area contributed by atoms with Crippen molar-refractivity contribution in [3.05, 3.63) is 60.2 Å². The molecule has 1 aromatic heterocycles. The van der Waals surface area contributed by atoms with Crippen molar-refractivity contribution >= 4 is 27.7 Å². The summed E-state index contributed by atoms with van der Waals surface area (Å²) in [6.45, 7) is 2.49. The van der Waals surface area contributed by atoms with Crippen molar-refractivity contribution in [2.45, 2.75) is 6.92 Å². The van der Waals surface area contributed by atoms with Crippen molar-refractivity contribution in [2.75, 3.05) is 6.61 Å². The van der Waals surface area contributed by atoms with E-state index in [2.05, 4.69) is 4.98 Å². The number of aromatic nitrogens is 1. The van der Waals surface area contributed by atoms with E-state index < -0.39 is 5.24 Å². The lowest BCUT2D eigenvalue weighted by Crippen LogP contribution is -1.98. The van der Waals surface area contributed by atoms with Crippen LogP contribution in [0.5, 0.6) is 5.75 Å². The SMILES string of the molecule is CCOc1ccccc1-c1cc(C(=O)Cl)c2ccccc2n1. The van der Waals surface area contributed by atoms with Crippen LogP contribution in [-0.4, -0.2) is 16.8 Å². The molecule has 0 aliphatic rings. The van der Waals surface area contributed by atoms with Gasteiger partial charge in [-0.25, -0.2) is 4.98 Å². The Morgan fingerprint density at radius 2 is 1.86 bits per heavy atom. The average molecular weight is 312 g/mol. The predicted molar refractivity (Wildman–Crippen MR) is 88.5 cm³/mol. The van der Waals surface area contributed by atoms with E-state index in [1.54, 1.807) is 6.07 Å². The lowest BCUT2D eigenvalue weighted by atomic mass is 10.0. The monoisotopic (exact) mass is 311 g/mol. The van der Waals surface area contributed by atoms with Crippen molar-refractivity contribution in [1.29, 1.82) is 0 Å². The molecule has 0 atom stereocenters. The van der Waals surface area contributed by atoms with Gasteiger partial charge in [0.25, 0.3) is 5.24 Å². The van der Waals surface area contributed by atoms with Crippen molar-refractivity contribution in [3.8, 4) is 17.0 Å². The molecule has 22 heavy (non-hydrogen) atoms. The van der Waals surface area contributed by atoms with Crippen molar-refractivity contribution in [2.24, 2.45) is 0 Å². The molecule has 3 aromatic rings. The smallest absolute Gasteiger partial charge is 0.253 e. The molecule has 110 valence electrons. The molecule has 3 rings (SSSR count). The fourth-order valence-corrected chi connectivity index (χ4v) is 2.59. The lowest BCUT2D eigenvalue weighted by molar-refractivity contribution is 0.108. The van der Waals surface area contributed by atoms with Gasteiger partial charge in [0, 0.05) is 16.5 Å². The Hall–Kier alpha value is -2.39. The largest absolute Gasteiger partial charge is 0.493 e. The van der Waals surface area contributed by atoms with Gasteiger partial charge in [0.2, 0.25) is 0 Å². The number of carbonyl (C=O) groups is 1. The van der Waals surface area contributed by atoms with E-state index in [9.17, 15) is 4.79 Å². The summed E-state index contributed by atoms with van der Waals surface area (Å²) in [6, 6.07) is 16.8. The predicted octanol–water partition coefficient (Wildman–Crippen LogP) is 4.68. The van der Waals surface area contributed by atoms with Crippen molar-refractivity contribution in [3.63, 3.8) is 0 Å². The summed E-state index contributed by atoms with van der Waals surface area (Å²) < 4.78 is 5.65. The normalized spacial score (nSPS) is 10.6. The zero-order valence-corrected chi connectivity index (χ0v) is 12.8. The number of fused-ring (bicyclic) bond motifs is 1. The summed E-state index contributed by atoms with van der Waals surface area (Å²) in [5, 5.41) is 0.258. The van der Waals surface area contributed by atoms with Gasteiger partial charge in [0.1, 0.15) is 5.75 Å². The number of pyridine rings is 1. The summed E-state index contributed by atoms with van der Waals surface area (Å²) in [5.74, 6) is 0.737. The number of hydrogen-bond acceptors (Lipinski definition) is 3. The van der Waals surface area contributed by atoms with E-state index in [0.29, 0.717) is 17.9 Å². The van der Waals surface area contributed by atoms with Crippen molar-refractivity contribution in [1.82, 2.24) is 4.98 Å². The molecule has 0 saturated carbocycles. The van der Waals surface area contributed by atoms with Gasteiger partial charge in [-0.05, 0) is 42.8 Å².